The van der Waals surface area contributed by atoms with Gasteiger partial charge in [-0.1, -0.05) is 29.3 Å². The Morgan fingerprint density at radius 3 is 2.87 bits per heavy atom. The Kier molecular flexibility index (Phi) is 3.52. The van der Waals surface area contributed by atoms with E-state index in [0.717, 1.165) is 28.0 Å². The van der Waals surface area contributed by atoms with Crippen molar-refractivity contribution in [2.75, 3.05) is 0 Å². The van der Waals surface area contributed by atoms with Crippen LogP contribution in [0.15, 0.2) is 49.1 Å². The second kappa shape index (κ2) is 5.68. The summed E-state index contributed by atoms with van der Waals surface area (Å²) < 4.78 is 1.95. The van der Waals surface area contributed by atoms with Crippen LogP contribution in [0.3, 0.4) is 0 Å². The summed E-state index contributed by atoms with van der Waals surface area (Å²) in [5.74, 6) is 0.771. The highest BCUT2D eigenvalue weighted by molar-refractivity contribution is 6.35. The molecule has 1 N–H and O–H groups in total. The molecule has 2 aromatic carbocycles. The topological polar surface area (TPSA) is 59.4 Å². The van der Waals surface area contributed by atoms with Crippen molar-refractivity contribution < 1.29 is 0 Å². The molecule has 4 rings (SSSR count). The quantitative estimate of drug-likeness (QED) is 0.607. The third-order valence-corrected chi connectivity index (χ3v) is 4.24. The molecule has 0 spiro atoms. The van der Waals surface area contributed by atoms with E-state index in [-0.39, 0.29) is 0 Å². The van der Waals surface area contributed by atoms with E-state index in [9.17, 15) is 0 Å². The number of hydrogen-bond acceptors (Lipinski definition) is 3. The van der Waals surface area contributed by atoms with E-state index < -0.39 is 0 Å². The fourth-order valence-electron chi connectivity index (χ4n) is 2.50. The summed E-state index contributed by atoms with van der Waals surface area (Å²) in [5.41, 5.74) is 3.80. The first-order chi connectivity index (χ1) is 11.2. The number of imidazole rings is 1. The lowest BCUT2D eigenvalue weighted by Crippen LogP contribution is -2.01. The second-order valence-electron chi connectivity index (χ2n) is 5.15. The molecule has 23 heavy (non-hydrogen) atoms. The maximum absolute atomic E-state index is 6.26. The van der Waals surface area contributed by atoms with E-state index in [2.05, 4.69) is 20.2 Å². The third kappa shape index (κ3) is 2.69. The molecule has 0 radical (unpaired) electrons. The molecule has 4 aromatic rings. The van der Waals surface area contributed by atoms with Crippen LogP contribution in [-0.4, -0.2) is 24.7 Å². The zero-order chi connectivity index (χ0) is 15.8. The predicted molar refractivity (Wildman–Crippen MR) is 90.7 cm³/mol. The van der Waals surface area contributed by atoms with Gasteiger partial charge in [-0.15, -0.1) is 10.2 Å². The zero-order valence-corrected chi connectivity index (χ0v) is 13.4. The van der Waals surface area contributed by atoms with Gasteiger partial charge in [0.05, 0.1) is 23.9 Å². The van der Waals surface area contributed by atoms with Gasteiger partial charge in [0, 0.05) is 15.6 Å². The van der Waals surface area contributed by atoms with Crippen LogP contribution >= 0.6 is 23.2 Å². The van der Waals surface area contributed by atoms with Gasteiger partial charge >= 0.3 is 0 Å². The summed E-state index contributed by atoms with van der Waals surface area (Å²) in [6, 6.07) is 11.4. The van der Waals surface area contributed by atoms with Gasteiger partial charge in [-0.05, 0) is 35.9 Å². The highest BCUT2D eigenvalue weighted by Gasteiger charge is 2.11. The van der Waals surface area contributed by atoms with Crippen molar-refractivity contribution in [3.63, 3.8) is 0 Å². The summed E-state index contributed by atoms with van der Waals surface area (Å²) in [7, 11) is 0. The number of fused-ring (bicyclic) bond motifs is 1. The number of aromatic amines is 1. The highest BCUT2D eigenvalue weighted by Crippen LogP contribution is 2.25. The number of H-pyrrole nitrogens is 1. The first-order valence-electron chi connectivity index (χ1n) is 6.96. The molecule has 0 unspecified atom stereocenters. The second-order valence-corrected chi connectivity index (χ2v) is 6.00. The maximum Gasteiger partial charge on any atom is 0.164 e. The van der Waals surface area contributed by atoms with Crippen LogP contribution in [0.2, 0.25) is 10.0 Å². The average molecular weight is 344 g/mol. The highest BCUT2D eigenvalue weighted by atomic mass is 35.5. The molecule has 0 bridgehead atoms. The van der Waals surface area contributed by atoms with Crippen LogP contribution in [-0.2, 0) is 6.54 Å². The van der Waals surface area contributed by atoms with Gasteiger partial charge in [-0.3, -0.25) is 0 Å². The molecular formula is C16H11Cl2N5. The Morgan fingerprint density at radius 2 is 2.00 bits per heavy atom. The average Bonchev–Trinajstić information content (AvgIpc) is 3.18. The SMILES string of the molecule is Clc1ccc(Cn2cnnc2-c2ccc3nc[nH]c3c2)c(Cl)c1. The van der Waals surface area contributed by atoms with Crippen LogP contribution in [0.5, 0.6) is 0 Å². The molecule has 0 saturated heterocycles. The number of nitrogens with zero attached hydrogens (tertiary/aromatic N) is 4. The van der Waals surface area contributed by atoms with Crippen LogP contribution in [0.1, 0.15) is 5.56 Å². The number of aromatic nitrogens is 5. The van der Waals surface area contributed by atoms with Crippen LogP contribution in [0.25, 0.3) is 22.4 Å². The van der Waals surface area contributed by atoms with Gasteiger partial charge in [0.15, 0.2) is 5.82 Å². The van der Waals surface area contributed by atoms with Crippen molar-refractivity contribution in [1.29, 1.82) is 0 Å². The molecule has 2 heterocycles. The van der Waals surface area contributed by atoms with Crippen molar-refractivity contribution in [2.45, 2.75) is 6.54 Å². The first-order valence-corrected chi connectivity index (χ1v) is 7.71. The molecule has 0 amide bonds. The molecule has 0 aliphatic rings. The molecule has 0 fully saturated rings. The van der Waals surface area contributed by atoms with Gasteiger partial charge in [0.1, 0.15) is 6.33 Å². The fraction of sp³-hybridized carbons (Fsp3) is 0.0625. The minimum atomic E-state index is 0.569. The molecule has 0 atom stereocenters. The first kappa shape index (κ1) is 14.2. The third-order valence-electron chi connectivity index (χ3n) is 3.65. The van der Waals surface area contributed by atoms with Crippen LogP contribution in [0, 0.1) is 0 Å². The molecule has 0 saturated carbocycles. The fourth-order valence-corrected chi connectivity index (χ4v) is 2.97. The normalized spacial score (nSPS) is 11.2. The van der Waals surface area contributed by atoms with Crippen molar-refractivity contribution in [2.24, 2.45) is 0 Å². The molecule has 114 valence electrons. The molecule has 7 heteroatoms. The number of rotatable bonds is 3. The lowest BCUT2D eigenvalue weighted by Gasteiger charge is -2.09. The predicted octanol–water partition coefficient (Wildman–Crippen LogP) is 4.18. The maximum atomic E-state index is 6.26. The number of hydrogen-bond donors (Lipinski definition) is 1. The Morgan fingerprint density at radius 1 is 1.09 bits per heavy atom. The Hall–Kier alpha value is -2.37. The van der Waals surface area contributed by atoms with Crippen LogP contribution in [0.4, 0.5) is 0 Å². The van der Waals surface area contributed by atoms with E-state index in [4.69, 9.17) is 23.2 Å². The van der Waals surface area contributed by atoms with Gasteiger partial charge in [0.25, 0.3) is 0 Å². The van der Waals surface area contributed by atoms with Crippen LogP contribution < -0.4 is 0 Å². The largest absolute Gasteiger partial charge is 0.345 e. The Labute approximate surface area is 141 Å². The minimum Gasteiger partial charge on any atom is -0.345 e. The van der Waals surface area contributed by atoms with E-state index in [1.54, 1.807) is 18.7 Å². The smallest absolute Gasteiger partial charge is 0.164 e. The van der Waals surface area contributed by atoms with E-state index >= 15 is 0 Å². The molecular weight excluding hydrogens is 333 g/mol. The Balaban J connectivity index is 1.72. The number of halogens is 2. The van der Waals surface area contributed by atoms with Gasteiger partial charge in [0.2, 0.25) is 0 Å². The zero-order valence-electron chi connectivity index (χ0n) is 11.9. The minimum absolute atomic E-state index is 0.569. The van der Waals surface area contributed by atoms with Gasteiger partial charge in [-0.25, -0.2) is 4.98 Å². The molecule has 5 nitrogen and oxygen atoms in total. The van der Waals surface area contributed by atoms with Crippen molar-refractivity contribution in [3.05, 3.63) is 64.7 Å². The van der Waals surface area contributed by atoms with Crippen molar-refractivity contribution >= 4 is 34.2 Å². The lowest BCUT2D eigenvalue weighted by molar-refractivity contribution is 0.803. The molecule has 0 aliphatic carbocycles. The summed E-state index contributed by atoms with van der Waals surface area (Å²) in [6.07, 6.45) is 3.37. The van der Waals surface area contributed by atoms with Gasteiger partial charge in [-0.2, -0.15) is 0 Å². The number of nitrogens with one attached hydrogen (secondary N) is 1. The number of benzene rings is 2. The van der Waals surface area contributed by atoms with Crippen molar-refractivity contribution in [3.8, 4) is 11.4 Å². The standard InChI is InChI=1S/C16H11Cl2N5/c17-12-3-1-11(13(18)6-12)7-23-9-21-22-16(23)10-2-4-14-15(5-10)20-8-19-14/h1-6,8-9H,7H2,(H,19,20). The summed E-state index contributed by atoms with van der Waals surface area (Å²) in [5, 5.41) is 9.50. The molecule has 0 aliphatic heterocycles. The summed E-state index contributed by atoms with van der Waals surface area (Å²) in [4.78, 5) is 7.32. The van der Waals surface area contributed by atoms with E-state index in [0.29, 0.717) is 16.6 Å². The molecule has 2 aromatic heterocycles. The van der Waals surface area contributed by atoms with E-state index in [1.807, 2.05) is 34.9 Å². The van der Waals surface area contributed by atoms with Crippen molar-refractivity contribution in [1.82, 2.24) is 24.7 Å². The van der Waals surface area contributed by atoms with Gasteiger partial charge < -0.3 is 9.55 Å². The Bertz CT molecular complexity index is 989. The summed E-state index contributed by atoms with van der Waals surface area (Å²) in [6.45, 7) is 0.569. The lowest BCUT2D eigenvalue weighted by atomic mass is 10.1. The van der Waals surface area contributed by atoms with E-state index in [1.165, 1.54) is 0 Å². The monoisotopic (exact) mass is 343 g/mol. The summed E-state index contributed by atoms with van der Waals surface area (Å²) >= 11 is 12.2.